The summed E-state index contributed by atoms with van der Waals surface area (Å²) >= 11 is 11.7. The summed E-state index contributed by atoms with van der Waals surface area (Å²) in [5.41, 5.74) is 0.833. The summed E-state index contributed by atoms with van der Waals surface area (Å²) in [5.74, 6) is -0.929. The van der Waals surface area contributed by atoms with Crippen molar-refractivity contribution in [3.63, 3.8) is 0 Å². The molecule has 20 heavy (non-hydrogen) atoms. The Hall–Kier alpha value is -1.78. The molecule has 0 aliphatic rings. The fourth-order valence-corrected chi connectivity index (χ4v) is 2.04. The van der Waals surface area contributed by atoms with Crippen molar-refractivity contribution in [3.8, 4) is 0 Å². The molecule has 2 N–H and O–H groups in total. The van der Waals surface area contributed by atoms with Crippen LogP contribution in [0.1, 0.15) is 10.4 Å². The maximum Gasteiger partial charge on any atom is 0.257 e. The minimum atomic E-state index is -0.491. The van der Waals surface area contributed by atoms with Crippen molar-refractivity contribution in [2.45, 2.75) is 0 Å². The van der Waals surface area contributed by atoms with Gasteiger partial charge in [-0.2, -0.15) is 0 Å². The third-order valence-corrected chi connectivity index (χ3v) is 3.42. The number of halogens is 3. The average molecular weight is 313 g/mol. The van der Waals surface area contributed by atoms with Crippen LogP contribution in [0, 0.1) is 5.82 Å². The fourth-order valence-electron chi connectivity index (χ4n) is 1.74. The first kappa shape index (κ1) is 14.6. The molecule has 0 spiro atoms. The van der Waals surface area contributed by atoms with Crippen LogP contribution in [0.3, 0.4) is 0 Å². The number of carbonyl (C=O) groups is 1. The zero-order chi connectivity index (χ0) is 14.7. The molecule has 2 aromatic carbocycles. The molecule has 0 aliphatic heterocycles. The Morgan fingerprint density at radius 1 is 1.15 bits per heavy atom. The molecule has 0 fully saturated rings. The van der Waals surface area contributed by atoms with E-state index < -0.39 is 11.7 Å². The van der Waals surface area contributed by atoms with E-state index in [1.165, 1.54) is 24.3 Å². The van der Waals surface area contributed by atoms with E-state index in [1.807, 2.05) is 0 Å². The Morgan fingerprint density at radius 2 is 1.90 bits per heavy atom. The molecule has 0 aromatic heterocycles. The predicted octanol–water partition coefficient (Wildman–Crippen LogP) is 4.43. The molecule has 2 rings (SSSR count). The minimum Gasteiger partial charge on any atom is -0.385 e. The van der Waals surface area contributed by atoms with Crippen LogP contribution in [0.15, 0.2) is 36.4 Å². The number of anilines is 2. The molecule has 6 heteroatoms. The Kier molecular flexibility index (Phi) is 4.47. The molecule has 0 saturated carbocycles. The highest BCUT2D eigenvalue weighted by Gasteiger charge is 2.14. The summed E-state index contributed by atoms with van der Waals surface area (Å²) in [6, 6.07) is 9.00. The van der Waals surface area contributed by atoms with Gasteiger partial charge in [0.1, 0.15) is 5.82 Å². The SMILES string of the molecule is CNc1c(F)cccc1C(=O)Nc1ccc(Cl)c(Cl)c1. The van der Waals surface area contributed by atoms with Crippen LogP contribution >= 0.6 is 23.2 Å². The van der Waals surface area contributed by atoms with Gasteiger partial charge in [0, 0.05) is 12.7 Å². The second-order valence-corrected chi connectivity index (χ2v) is 4.81. The van der Waals surface area contributed by atoms with Crippen molar-refractivity contribution in [2.75, 3.05) is 17.7 Å². The number of para-hydroxylation sites is 1. The Bertz CT molecular complexity index is 662. The van der Waals surface area contributed by atoms with Gasteiger partial charge in [-0.3, -0.25) is 4.79 Å². The van der Waals surface area contributed by atoms with Crippen molar-refractivity contribution >= 4 is 40.5 Å². The van der Waals surface area contributed by atoms with Crippen LogP contribution in [0.4, 0.5) is 15.8 Å². The van der Waals surface area contributed by atoms with E-state index in [9.17, 15) is 9.18 Å². The van der Waals surface area contributed by atoms with Crippen LogP contribution in [0.5, 0.6) is 0 Å². The van der Waals surface area contributed by atoms with Crippen molar-refractivity contribution < 1.29 is 9.18 Å². The van der Waals surface area contributed by atoms with Gasteiger partial charge in [-0.05, 0) is 30.3 Å². The largest absolute Gasteiger partial charge is 0.385 e. The summed E-state index contributed by atoms with van der Waals surface area (Å²) in [6.45, 7) is 0. The lowest BCUT2D eigenvalue weighted by molar-refractivity contribution is 0.102. The Balaban J connectivity index is 2.28. The van der Waals surface area contributed by atoms with E-state index in [2.05, 4.69) is 10.6 Å². The molecule has 2 aromatic rings. The average Bonchev–Trinajstić information content (AvgIpc) is 2.42. The highest BCUT2D eigenvalue weighted by atomic mass is 35.5. The third-order valence-electron chi connectivity index (χ3n) is 2.69. The zero-order valence-corrected chi connectivity index (χ0v) is 12.0. The van der Waals surface area contributed by atoms with Gasteiger partial charge < -0.3 is 10.6 Å². The highest BCUT2D eigenvalue weighted by Crippen LogP contribution is 2.26. The monoisotopic (exact) mass is 312 g/mol. The van der Waals surface area contributed by atoms with Gasteiger partial charge in [0.15, 0.2) is 0 Å². The summed E-state index contributed by atoms with van der Waals surface area (Å²) < 4.78 is 13.6. The van der Waals surface area contributed by atoms with Gasteiger partial charge in [-0.25, -0.2) is 4.39 Å². The Labute approximate surface area is 125 Å². The molecule has 0 radical (unpaired) electrons. The van der Waals surface area contributed by atoms with E-state index in [0.29, 0.717) is 15.7 Å². The molecule has 1 amide bonds. The zero-order valence-electron chi connectivity index (χ0n) is 10.5. The topological polar surface area (TPSA) is 41.1 Å². The first-order chi connectivity index (χ1) is 9.52. The van der Waals surface area contributed by atoms with Crippen molar-refractivity contribution in [1.82, 2.24) is 0 Å². The maximum absolute atomic E-state index is 13.6. The molecule has 0 unspecified atom stereocenters. The molecule has 0 atom stereocenters. The number of hydrogen-bond acceptors (Lipinski definition) is 2. The van der Waals surface area contributed by atoms with Crippen LogP contribution in [-0.4, -0.2) is 13.0 Å². The number of hydrogen-bond donors (Lipinski definition) is 2. The smallest absolute Gasteiger partial charge is 0.257 e. The molecule has 0 aliphatic carbocycles. The van der Waals surface area contributed by atoms with E-state index in [-0.39, 0.29) is 11.3 Å². The van der Waals surface area contributed by atoms with Crippen LogP contribution in [0.25, 0.3) is 0 Å². The van der Waals surface area contributed by atoms with Crippen LogP contribution < -0.4 is 10.6 Å². The second kappa shape index (κ2) is 6.11. The molecular weight excluding hydrogens is 302 g/mol. The van der Waals surface area contributed by atoms with Crippen LogP contribution in [0.2, 0.25) is 10.0 Å². The molecule has 104 valence electrons. The summed E-state index contributed by atoms with van der Waals surface area (Å²) in [4.78, 5) is 12.1. The van der Waals surface area contributed by atoms with Crippen molar-refractivity contribution in [1.29, 1.82) is 0 Å². The predicted molar refractivity (Wildman–Crippen MR) is 80.4 cm³/mol. The van der Waals surface area contributed by atoms with Crippen LogP contribution in [-0.2, 0) is 0 Å². The lowest BCUT2D eigenvalue weighted by Crippen LogP contribution is -2.14. The standard InChI is InChI=1S/C14H11Cl2FN2O/c1-18-13-9(3-2-4-12(13)17)14(20)19-8-5-6-10(15)11(16)7-8/h2-7,18H,1H3,(H,19,20). The number of carbonyl (C=O) groups excluding carboxylic acids is 1. The van der Waals surface area contributed by atoms with Gasteiger partial charge in [0.25, 0.3) is 5.91 Å². The molecule has 0 bridgehead atoms. The van der Waals surface area contributed by atoms with Gasteiger partial charge in [0.05, 0.1) is 21.3 Å². The minimum absolute atomic E-state index is 0.144. The van der Waals surface area contributed by atoms with E-state index in [4.69, 9.17) is 23.2 Å². The number of nitrogens with one attached hydrogen (secondary N) is 2. The number of benzene rings is 2. The first-order valence-corrected chi connectivity index (χ1v) is 6.51. The second-order valence-electron chi connectivity index (χ2n) is 4.00. The Morgan fingerprint density at radius 3 is 2.55 bits per heavy atom. The molecule has 0 heterocycles. The molecular formula is C14H11Cl2FN2O. The van der Waals surface area contributed by atoms with Gasteiger partial charge >= 0.3 is 0 Å². The van der Waals surface area contributed by atoms with Gasteiger partial charge in [-0.15, -0.1) is 0 Å². The fraction of sp³-hybridized carbons (Fsp3) is 0.0714. The molecule has 0 saturated heterocycles. The summed E-state index contributed by atoms with van der Waals surface area (Å²) in [7, 11) is 1.55. The summed E-state index contributed by atoms with van der Waals surface area (Å²) in [5, 5.41) is 6.03. The quantitative estimate of drug-likeness (QED) is 0.880. The summed E-state index contributed by atoms with van der Waals surface area (Å²) in [6.07, 6.45) is 0. The van der Waals surface area contributed by atoms with Gasteiger partial charge in [-0.1, -0.05) is 29.3 Å². The first-order valence-electron chi connectivity index (χ1n) is 5.75. The third kappa shape index (κ3) is 3.03. The molecule has 3 nitrogen and oxygen atoms in total. The maximum atomic E-state index is 13.6. The highest BCUT2D eigenvalue weighted by molar-refractivity contribution is 6.42. The normalized spacial score (nSPS) is 10.2. The van der Waals surface area contributed by atoms with Crippen molar-refractivity contribution in [2.24, 2.45) is 0 Å². The van der Waals surface area contributed by atoms with E-state index in [0.717, 1.165) is 0 Å². The lowest BCUT2D eigenvalue weighted by Gasteiger charge is -2.11. The number of rotatable bonds is 3. The van der Waals surface area contributed by atoms with Crippen molar-refractivity contribution in [3.05, 3.63) is 57.8 Å². The van der Waals surface area contributed by atoms with Gasteiger partial charge in [0.2, 0.25) is 0 Å². The van der Waals surface area contributed by atoms with E-state index >= 15 is 0 Å². The van der Waals surface area contributed by atoms with E-state index in [1.54, 1.807) is 19.2 Å². The lowest BCUT2D eigenvalue weighted by atomic mass is 10.1. The number of amides is 1.